The fourth-order valence-electron chi connectivity index (χ4n) is 7.72. The van der Waals surface area contributed by atoms with Crippen molar-refractivity contribution in [2.45, 2.75) is 25.7 Å². The first kappa shape index (κ1) is 24.5. The minimum absolute atomic E-state index is 0.102. The van der Waals surface area contributed by atoms with Crippen LogP contribution >= 0.6 is 0 Å². The normalized spacial score (nSPS) is 31.1. The number of phenolic OH excluding ortho intramolecular Hbond substituents is 1. The summed E-state index contributed by atoms with van der Waals surface area (Å²) in [4.78, 5) is 58.5. The first-order valence-electron chi connectivity index (χ1n) is 13.7. The number of aromatic hydroxyl groups is 1. The Morgan fingerprint density at radius 1 is 0.725 bits per heavy atom. The van der Waals surface area contributed by atoms with Crippen LogP contribution in [-0.2, 0) is 19.2 Å². The van der Waals surface area contributed by atoms with Gasteiger partial charge >= 0.3 is 0 Å². The van der Waals surface area contributed by atoms with E-state index in [1.54, 1.807) is 72.8 Å². The molecule has 3 fully saturated rings. The number of hydrogen-bond acceptors (Lipinski definition) is 5. The van der Waals surface area contributed by atoms with Gasteiger partial charge in [-0.15, -0.1) is 0 Å². The Kier molecular flexibility index (Phi) is 5.36. The van der Waals surface area contributed by atoms with Crippen molar-refractivity contribution >= 4 is 35.0 Å². The second-order valence-corrected chi connectivity index (χ2v) is 11.4. The van der Waals surface area contributed by atoms with E-state index in [1.165, 1.54) is 9.80 Å². The number of para-hydroxylation sites is 2. The Morgan fingerprint density at radius 3 is 1.95 bits per heavy atom. The predicted octanol–water partition coefficient (Wildman–Crippen LogP) is 4.83. The lowest BCUT2D eigenvalue weighted by molar-refractivity contribution is -0.131. The van der Waals surface area contributed by atoms with Gasteiger partial charge in [0.2, 0.25) is 23.6 Å². The third-order valence-electron chi connectivity index (χ3n) is 9.53. The molecular weight excluding hydrogens is 504 g/mol. The molecule has 3 aromatic rings. The van der Waals surface area contributed by atoms with Crippen LogP contribution in [0.15, 0.2) is 96.6 Å². The van der Waals surface area contributed by atoms with Gasteiger partial charge in [0.15, 0.2) is 0 Å². The number of imide groups is 2. The summed E-state index contributed by atoms with van der Waals surface area (Å²) in [7, 11) is 0. The second kappa shape index (κ2) is 8.74. The summed E-state index contributed by atoms with van der Waals surface area (Å²) in [6.45, 7) is 1.86. The van der Waals surface area contributed by atoms with Gasteiger partial charge in [0.25, 0.3) is 0 Å². The van der Waals surface area contributed by atoms with Crippen molar-refractivity contribution in [2.24, 2.45) is 29.1 Å². The van der Waals surface area contributed by atoms with Crippen LogP contribution in [0.4, 0.5) is 11.4 Å². The number of nitrogens with zero attached hydrogens (tertiary/aromatic N) is 2. The van der Waals surface area contributed by atoms with Gasteiger partial charge in [-0.05, 0) is 67.6 Å². The van der Waals surface area contributed by atoms with E-state index in [1.807, 2.05) is 25.1 Å². The number of allylic oxidation sites excluding steroid dienone is 2. The van der Waals surface area contributed by atoms with Crippen molar-refractivity contribution in [2.75, 3.05) is 9.80 Å². The van der Waals surface area contributed by atoms with Gasteiger partial charge in [-0.25, -0.2) is 4.90 Å². The Bertz CT molecular complexity index is 1580. The van der Waals surface area contributed by atoms with Crippen molar-refractivity contribution in [3.05, 3.63) is 102 Å². The average molecular weight is 533 g/mol. The number of hydrogen-bond donors (Lipinski definition) is 1. The minimum atomic E-state index is -1.09. The SMILES string of the molecule is CC12C(=O)N(c3ccccc3)C(=O)C1CC1C(=CCC3C(=O)N(c4ccccc4)C(=O)C31)C2c1ccc(O)cc1. The standard InChI is InChI=1S/C33H28N2O5/c1-33-26(30(38)35(32(33)40)21-10-6-3-7-11-21)18-25-23(28(33)19-12-14-22(36)15-13-19)16-17-24-27(25)31(39)34(29(24)37)20-8-4-2-5-9-20/h2-16,24-28,36H,17-18H2,1H3. The van der Waals surface area contributed by atoms with Gasteiger partial charge in [0.1, 0.15) is 5.75 Å². The summed E-state index contributed by atoms with van der Waals surface area (Å²) < 4.78 is 0. The maximum atomic E-state index is 14.3. The average Bonchev–Trinajstić information content (AvgIpc) is 3.34. The molecule has 4 amide bonds. The van der Waals surface area contributed by atoms with E-state index < -0.39 is 29.1 Å². The van der Waals surface area contributed by atoms with Crippen LogP contribution in [0.25, 0.3) is 0 Å². The van der Waals surface area contributed by atoms with E-state index in [9.17, 15) is 24.3 Å². The van der Waals surface area contributed by atoms with Gasteiger partial charge in [0.05, 0.1) is 34.5 Å². The molecule has 2 aliphatic heterocycles. The molecule has 0 radical (unpaired) electrons. The number of phenols is 1. The van der Waals surface area contributed by atoms with Crippen LogP contribution in [-0.4, -0.2) is 28.7 Å². The van der Waals surface area contributed by atoms with E-state index >= 15 is 0 Å². The number of carbonyl (C=O) groups is 4. The summed E-state index contributed by atoms with van der Waals surface area (Å²) in [5.41, 5.74) is 1.70. The highest BCUT2D eigenvalue weighted by Crippen LogP contribution is 2.63. The number of anilines is 2. The zero-order valence-electron chi connectivity index (χ0n) is 21.9. The largest absolute Gasteiger partial charge is 0.508 e. The summed E-state index contributed by atoms with van der Waals surface area (Å²) >= 11 is 0. The molecule has 7 rings (SSSR count). The van der Waals surface area contributed by atoms with Crippen molar-refractivity contribution in [1.82, 2.24) is 0 Å². The molecule has 6 atom stereocenters. The van der Waals surface area contributed by atoms with Crippen molar-refractivity contribution in [3.8, 4) is 5.75 Å². The van der Waals surface area contributed by atoms with Gasteiger partial charge < -0.3 is 5.11 Å². The number of amides is 4. The molecule has 3 aromatic carbocycles. The maximum absolute atomic E-state index is 14.3. The van der Waals surface area contributed by atoms with Crippen molar-refractivity contribution in [3.63, 3.8) is 0 Å². The van der Waals surface area contributed by atoms with E-state index in [0.29, 0.717) is 24.2 Å². The molecule has 200 valence electrons. The summed E-state index contributed by atoms with van der Waals surface area (Å²) in [5, 5.41) is 10.0. The highest BCUT2D eigenvalue weighted by molar-refractivity contribution is 6.25. The minimum Gasteiger partial charge on any atom is -0.508 e. The third kappa shape index (κ3) is 3.24. The summed E-state index contributed by atoms with van der Waals surface area (Å²) in [6, 6.07) is 24.7. The van der Waals surface area contributed by atoms with E-state index in [0.717, 1.165) is 11.1 Å². The lowest BCUT2D eigenvalue weighted by Gasteiger charge is -2.49. The Morgan fingerprint density at radius 2 is 1.32 bits per heavy atom. The molecule has 0 bridgehead atoms. The molecule has 7 heteroatoms. The lowest BCUT2D eigenvalue weighted by Crippen LogP contribution is -2.48. The van der Waals surface area contributed by atoms with E-state index in [-0.39, 0.29) is 35.3 Å². The first-order chi connectivity index (χ1) is 19.3. The predicted molar refractivity (Wildman–Crippen MR) is 148 cm³/mol. The maximum Gasteiger partial charge on any atom is 0.241 e. The van der Waals surface area contributed by atoms with Crippen LogP contribution in [0.2, 0.25) is 0 Å². The Hall–Kier alpha value is -4.52. The number of rotatable bonds is 3. The van der Waals surface area contributed by atoms with Gasteiger partial charge in [-0.1, -0.05) is 60.2 Å². The van der Waals surface area contributed by atoms with Gasteiger partial charge in [-0.3, -0.25) is 24.1 Å². The van der Waals surface area contributed by atoms with Gasteiger partial charge in [0, 0.05) is 5.92 Å². The molecule has 1 saturated carbocycles. The van der Waals surface area contributed by atoms with Crippen molar-refractivity contribution in [1.29, 1.82) is 0 Å². The number of benzene rings is 3. The molecule has 1 N–H and O–H groups in total. The van der Waals surface area contributed by atoms with E-state index in [4.69, 9.17) is 0 Å². The van der Waals surface area contributed by atoms with Crippen LogP contribution < -0.4 is 9.80 Å². The Balaban J connectivity index is 1.37. The molecule has 2 aliphatic carbocycles. The van der Waals surface area contributed by atoms with Crippen LogP contribution in [0.3, 0.4) is 0 Å². The highest BCUT2D eigenvalue weighted by atomic mass is 16.3. The molecule has 6 unspecified atom stereocenters. The zero-order chi connectivity index (χ0) is 27.8. The zero-order valence-corrected chi connectivity index (χ0v) is 21.9. The molecular formula is C33H28N2O5. The van der Waals surface area contributed by atoms with E-state index in [2.05, 4.69) is 0 Å². The van der Waals surface area contributed by atoms with Crippen molar-refractivity contribution < 1.29 is 24.3 Å². The quantitative estimate of drug-likeness (QED) is 0.385. The summed E-state index contributed by atoms with van der Waals surface area (Å²) in [5.74, 6) is -3.56. The first-order valence-corrected chi connectivity index (χ1v) is 13.7. The molecule has 7 nitrogen and oxygen atoms in total. The lowest BCUT2D eigenvalue weighted by atomic mass is 9.51. The smallest absolute Gasteiger partial charge is 0.241 e. The molecule has 2 saturated heterocycles. The number of carbonyl (C=O) groups excluding carboxylic acids is 4. The van der Waals surface area contributed by atoms with Crippen LogP contribution in [0.1, 0.15) is 31.2 Å². The van der Waals surface area contributed by atoms with Crippen LogP contribution in [0, 0.1) is 29.1 Å². The monoisotopic (exact) mass is 532 g/mol. The fourth-order valence-corrected chi connectivity index (χ4v) is 7.72. The third-order valence-corrected chi connectivity index (χ3v) is 9.53. The van der Waals surface area contributed by atoms with Crippen LogP contribution in [0.5, 0.6) is 5.75 Å². The molecule has 0 aromatic heterocycles. The van der Waals surface area contributed by atoms with Gasteiger partial charge in [-0.2, -0.15) is 0 Å². The highest BCUT2D eigenvalue weighted by Gasteiger charge is 2.67. The second-order valence-electron chi connectivity index (χ2n) is 11.4. The molecule has 40 heavy (non-hydrogen) atoms. The topological polar surface area (TPSA) is 95.0 Å². The molecule has 2 heterocycles. The Labute approximate surface area is 231 Å². The molecule has 4 aliphatic rings. The fraction of sp³-hybridized carbons (Fsp3) is 0.273. The molecule has 0 spiro atoms. The number of fused-ring (bicyclic) bond motifs is 4. The summed E-state index contributed by atoms with van der Waals surface area (Å²) in [6.07, 6.45) is 2.74.